The van der Waals surface area contributed by atoms with Crippen LogP contribution in [0.5, 0.6) is 0 Å². The average molecular weight is 1780 g/mol. The molecule has 4 aliphatic heterocycles. The summed E-state index contributed by atoms with van der Waals surface area (Å²) in [5.74, 6) is -0.231. The Balaban J connectivity index is 0.000000143. The van der Waals surface area contributed by atoms with Crippen molar-refractivity contribution < 1.29 is 33.4 Å². The number of pyridine rings is 3. The molecule has 19 nitrogen and oxygen atoms in total. The standard InChI is InChI=1S/C26H33N5O.C21H22ClN3O.C16H15NO3.C15H9Cl2N.C15H11NO2.C12H11N.2CH4/c1-29-12-14-31(15-13-29)25-20-24(27-10-11-30-16-18-32-19-17-30)23-9-5-8-22(26(23)28-25)21-6-3-2-4-7-21;22-20-15-19(23-9-10-25-11-13-26-14-12-25)18-8-4-7-17(21(18)24-20)16-5-2-1-3-6-16;1-20-16(19)11-15(18)17-14-10-6-5-9-13(14)12-7-3-2-4-8-12;16-13-9-14(17)18-15-11(7-4-8-12(13)15)10-5-2-1-3-6-10;17-13-9-14(18)16-15-11(7-4-8-12(13)15)10-5-2-1-3-6-10;13-12-9-5-4-8-11(12)10-6-2-1-3-7-10;;/h2-9,20H,10-19H2,1H3,(H,27,28);1-8,15H,9-14H2,(H,23,24);2-10H,11H2,1H3,(H,17,18);1-9H;1-8H,9H2,(H,16,18);1-9H,13H2;2*1H4. The lowest BCUT2D eigenvalue weighted by Gasteiger charge is -2.33. The number of halogens is 3. The van der Waals surface area contributed by atoms with Crippen LogP contribution in [-0.4, -0.2) is 172 Å². The van der Waals surface area contributed by atoms with E-state index in [4.69, 9.17) is 55.0 Å². The molecule has 129 heavy (non-hydrogen) atoms. The van der Waals surface area contributed by atoms with Gasteiger partial charge in [0.2, 0.25) is 11.8 Å². The van der Waals surface area contributed by atoms with Crippen molar-refractivity contribution in [2.24, 2.45) is 0 Å². The number of fused-ring (bicyclic) bond motifs is 4. The topological polar surface area (TPSA) is 222 Å². The lowest BCUT2D eigenvalue weighted by molar-refractivity contribution is -0.142. The first kappa shape index (κ1) is 94.9. The van der Waals surface area contributed by atoms with Crippen molar-refractivity contribution >= 4 is 125 Å². The van der Waals surface area contributed by atoms with Gasteiger partial charge in [0.05, 0.1) is 67.2 Å². The molecule has 6 N–H and O–H groups in total. The quantitative estimate of drug-likeness (QED) is 0.0233. The third kappa shape index (κ3) is 26.1. The molecule has 0 saturated carbocycles. The first-order valence-corrected chi connectivity index (χ1v) is 43.7. The van der Waals surface area contributed by atoms with E-state index in [2.05, 4.69) is 160 Å². The van der Waals surface area contributed by atoms with Crippen molar-refractivity contribution in [3.8, 4) is 66.8 Å². The monoisotopic (exact) mass is 1780 g/mol. The second-order valence-corrected chi connectivity index (χ2v) is 31.8. The van der Waals surface area contributed by atoms with Gasteiger partial charge >= 0.3 is 5.97 Å². The molecule has 2 amide bonds. The minimum atomic E-state index is -0.556. The molecule has 22 heteroatoms. The van der Waals surface area contributed by atoms with Crippen LogP contribution >= 0.6 is 34.8 Å². The van der Waals surface area contributed by atoms with Crippen molar-refractivity contribution in [3.63, 3.8) is 0 Å². The van der Waals surface area contributed by atoms with E-state index in [0.29, 0.717) is 32.3 Å². The van der Waals surface area contributed by atoms with Gasteiger partial charge in [0.15, 0.2) is 5.78 Å². The highest BCUT2D eigenvalue weighted by Crippen LogP contribution is 2.39. The van der Waals surface area contributed by atoms with Crippen LogP contribution in [0.3, 0.4) is 0 Å². The number of hydrogen-bond acceptors (Lipinski definition) is 17. The van der Waals surface area contributed by atoms with E-state index in [0.717, 1.165) is 200 Å². The number of esters is 1. The van der Waals surface area contributed by atoms with Crippen LogP contribution in [0, 0.1) is 0 Å². The Morgan fingerprint density at radius 2 is 0.798 bits per heavy atom. The Labute approximate surface area is 771 Å². The Morgan fingerprint density at radius 3 is 1.29 bits per heavy atom. The zero-order chi connectivity index (χ0) is 88.1. The molecule has 660 valence electrons. The Morgan fingerprint density at radius 1 is 0.419 bits per heavy atom. The average Bonchev–Trinajstić information content (AvgIpc) is 0.795. The minimum Gasteiger partial charge on any atom is -0.469 e. The van der Waals surface area contributed by atoms with E-state index in [9.17, 15) is 19.2 Å². The summed E-state index contributed by atoms with van der Waals surface area (Å²) in [4.78, 5) is 70.0. The summed E-state index contributed by atoms with van der Waals surface area (Å²) in [7, 11) is 3.45. The predicted molar refractivity (Wildman–Crippen MR) is 534 cm³/mol. The summed E-state index contributed by atoms with van der Waals surface area (Å²) in [5.41, 5.74) is 26.5. The molecule has 0 bridgehead atoms. The summed E-state index contributed by atoms with van der Waals surface area (Å²) in [6.45, 7) is 15.3. The fourth-order valence-corrected chi connectivity index (χ4v) is 16.2. The summed E-state index contributed by atoms with van der Waals surface area (Å²) >= 11 is 18.5. The number of ketones is 1. The van der Waals surface area contributed by atoms with Crippen LogP contribution < -0.4 is 31.9 Å². The van der Waals surface area contributed by atoms with Crippen LogP contribution in [-0.2, 0) is 28.6 Å². The van der Waals surface area contributed by atoms with E-state index in [1.165, 1.54) is 34.9 Å². The van der Waals surface area contributed by atoms with Crippen LogP contribution in [0.4, 0.5) is 34.3 Å². The lowest BCUT2D eigenvalue weighted by Crippen LogP contribution is -2.44. The number of methoxy groups -OCH3 is 1. The number of likely N-dealkylation sites (N-methyl/N-ethyl adjacent to an activating group) is 1. The second-order valence-electron chi connectivity index (χ2n) is 30.6. The van der Waals surface area contributed by atoms with E-state index < -0.39 is 5.97 Å². The van der Waals surface area contributed by atoms with Crippen LogP contribution in [0.15, 0.2) is 322 Å². The number of carbonyl (C=O) groups is 4. The molecule has 3 fully saturated rings. The van der Waals surface area contributed by atoms with Crippen molar-refractivity contribution in [2.45, 2.75) is 27.7 Å². The Kier molecular flexibility index (Phi) is 35.4. The molecule has 12 aromatic carbocycles. The van der Waals surface area contributed by atoms with Crippen molar-refractivity contribution in [2.75, 3.05) is 151 Å². The maximum absolute atomic E-state index is 11.8. The lowest BCUT2D eigenvalue weighted by atomic mass is 9.94. The van der Waals surface area contributed by atoms with Gasteiger partial charge in [0.1, 0.15) is 22.5 Å². The van der Waals surface area contributed by atoms with E-state index in [-0.39, 0.29) is 45.3 Å². The largest absolute Gasteiger partial charge is 0.469 e. The maximum atomic E-state index is 11.8. The number of rotatable bonds is 18. The van der Waals surface area contributed by atoms with Crippen molar-refractivity contribution in [1.29, 1.82) is 0 Å². The Bertz CT molecular complexity index is 6170. The van der Waals surface area contributed by atoms with Crippen LogP contribution in [0.1, 0.15) is 38.1 Å². The predicted octanol–water partition coefficient (Wildman–Crippen LogP) is 22.8. The normalized spacial score (nSPS) is 13.6. The first-order chi connectivity index (χ1) is 62.2. The number of nitrogens with zero attached hydrogens (tertiary/aromatic N) is 7. The van der Waals surface area contributed by atoms with Gasteiger partial charge in [-0.2, -0.15) is 0 Å². The smallest absolute Gasteiger partial charge is 0.315 e. The summed E-state index contributed by atoms with van der Waals surface area (Å²) in [6.07, 6.45) is -0.356. The summed E-state index contributed by atoms with van der Waals surface area (Å²) < 4.78 is 15.4. The van der Waals surface area contributed by atoms with Gasteiger partial charge in [-0.15, -0.1) is 0 Å². The number of anilines is 6. The molecule has 4 aliphatic rings. The second kappa shape index (κ2) is 48.1. The highest BCUT2D eigenvalue weighted by Gasteiger charge is 2.26. The number of nitrogens with two attached hydrogens (primary N) is 1. The number of carbonyl (C=O) groups excluding carboxylic acids is 4. The van der Waals surface area contributed by atoms with Gasteiger partial charge in [-0.05, 0) is 70.8 Å². The molecule has 7 heterocycles. The number of morpholine rings is 2. The third-order valence-corrected chi connectivity index (χ3v) is 22.8. The number of piperazine rings is 1. The molecular formula is C107H109Cl3N12O7. The van der Waals surface area contributed by atoms with E-state index in [1.807, 2.05) is 206 Å². The number of hydrogen-bond donors (Lipinski definition) is 5. The molecule has 19 rings (SSSR count). The maximum Gasteiger partial charge on any atom is 0.315 e. The summed E-state index contributed by atoms with van der Waals surface area (Å²) in [6, 6.07) is 106. The first-order valence-electron chi connectivity index (χ1n) is 42.6. The number of para-hydroxylation sites is 6. The highest BCUT2D eigenvalue weighted by molar-refractivity contribution is 6.38. The van der Waals surface area contributed by atoms with Crippen molar-refractivity contribution in [1.82, 2.24) is 29.7 Å². The molecule has 0 atom stereocenters. The minimum absolute atomic E-state index is 0. The molecule has 15 aromatic rings. The molecule has 0 radical (unpaired) electrons. The highest BCUT2D eigenvalue weighted by atomic mass is 35.5. The fraction of sp³-hybridized carbons (Fsp3) is 0.206. The number of Topliss-reactive ketones (excluding diaryl/α,β-unsaturated/α-hetero) is 1. The molecular weight excluding hydrogens is 1670 g/mol. The van der Waals surface area contributed by atoms with E-state index >= 15 is 0 Å². The molecule has 3 aromatic heterocycles. The van der Waals surface area contributed by atoms with Crippen LogP contribution in [0.25, 0.3) is 99.5 Å². The molecule has 0 spiro atoms. The third-order valence-electron chi connectivity index (χ3n) is 22.1. The van der Waals surface area contributed by atoms with Crippen molar-refractivity contribution in [3.05, 3.63) is 342 Å². The number of ether oxygens (including phenoxy) is 3. The fourth-order valence-electron chi connectivity index (χ4n) is 15.5. The number of nitrogen functional groups attached to an aromatic ring is 1. The number of amides is 2. The van der Waals surface area contributed by atoms with Gasteiger partial charge in [0, 0.05) is 162 Å². The number of benzene rings is 12. The molecule has 0 aliphatic carbocycles. The van der Waals surface area contributed by atoms with E-state index in [1.54, 1.807) is 18.2 Å². The van der Waals surface area contributed by atoms with Gasteiger partial charge < -0.3 is 51.0 Å². The van der Waals surface area contributed by atoms with Gasteiger partial charge in [-0.1, -0.05) is 335 Å². The summed E-state index contributed by atoms with van der Waals surface area (Å²) in [5, 5.41) is 17.6. The van der Waals surface area contributed by atoms with Gasteiger partial charge in [0.25, 0.3) is 0 Å². The zero-order valence-corrected chi connectivity index (χ0v) is 73.3. The number of nitrogens with one attached hydrogen (secondary N) is 4. The molecule has 0 unspecified atom stereocenters. The Hall–Kier alpha value is -13.2. The van der Waals surface area contributed by atoms with Gasteiger partial charge in [-0.3, -0.25) is 29.0 Å². The number of aromatic nitrogens is 3. The van der Waals surface area contributed by atoms with Crippen LogP contribution in [0.2, 0.25) is 15.3 Å². The van der Waals surface area contributed by atoms with Gasteiger partial charge in [-0.25, -0.2) is 15.0 Å². The zero-order valence-electron chi connectivity index (χ0n) is 71.0. The molecule has 3 saturated heterocycles. The SMILES string of the molecule is C.C.CN1CCN(c2cc(NCCN3CCOCC3)c3cccc(-c4ccccc4)c3n2)CC1.COC(=O)CC(=O)Nc1ccccc1-c1ccccc1.Clc1cc(Cl)c2cccc(-c3ccccc3)c2n1.Clc1cc(NCCN2CCOCC2)c2cccc(-c3ccccc3)c2n1.Nc1ccccc1-c1ccccc1.O=C1CC(=O)c2cccc(-c3ccccc3)c2N1.